The zero-order valence-corrected chi connectivity index (χ0v) is 14.2. The second-order valence-corrected chi connectivity index (χ2v) is 8.07. The Hall–Kier alpha value is -1.11. The van der Waals surface area contributed by atoms with Crippen molar-refractivity contribution in [3.63, 3.8) is 0 Å². The molecule has 2 atom stereocenters. The summed E-state index contributed by atoms with van der Waals surface area (Å²) in [4.78, 5) is 11.2. The van der Waals surface area contributed by atoms with Crippen molar-refractivity contribution in [2.24, 2.45) is 11.8 Å². The smallest absolute Gasteiger partial charge is 0.308 e. The van der Waals surface area contributed by atoms with Gasteiger partial charge >= 0.3 is 5.97 Å². The number of carboxylic acids is 1. The van der Waals surface area contributed by atoms with Crippen molar-refractivity contribution in [3.05, 3.63) is 28.8 Å². The van der Waals surface area contributed by atoms with E-state index >= 15 is 0 Å². The fourth-order valence-electron chi connectivity index (χ4n) is 2.77. The molecular weight excluding hydrogens is 326 g/mol. The third-order valence-corrected chi connectivity index (χ3v) is 6.36. The molecule has 0 unspecified atom stereocenters. The summed E-state index contributed by atoms with van der Waals surface area (Å²) in [6, 6.07) is 5.01. The normalized spacial score (nSPS) is 22.9. The number of benzene rings is 1. The van der Waals surface area contributed by atoms with Crippen LogP contribution in [-0.4, -0.2) is 36.9 Å². The van der Waals surface area contributed by atoms with Gasteiger partial charge in [0.25, 0.3) is 0 Å². The second kappa shape index (κ2) is 6.56. The molecule has 7 heteroatoms. The molecule has 0 amide bonds. The lowest BCUT2D eigenvalue weighted by molar-refractivity contribution is -0.142. The summed E-state index contributed by atoms with van der Waals surface area (Å²) in [5, 5.41) is 9.33. The Balaban J connectivity index is 2.35. The lowest BCUT2D eigenvalue weighted by atomic mass is 9.99. The molecule has 1 heterocycles. The highest BCUT2D eigenvalue weighted by Gasteiger charge is 2.41. The Bertz CT molecular complexity index is 674. The molecule has 1 N–H and O–H groups in total. The molecule has 122 valence electrons. The number of aryl methyl sites for hydroxylation is 1. The predicted octanol–water partition coefficient (Wildman–Crippen LogP) is 2.63. The zero-order valence-electron chi connectivity index (χ0n) is 12.6. The average molecular weight is 346 g/mol. The highest BCUT2D eigenvalue weighted by molar-refractivity contribution is 7.89. The number of aliphatic carboxylic acids is 1. The zero-order chi connectivity index (χ0) is 16.5. The molecule has 1 saturated heterocycles. The Morgan fingerprint density at radius 3 is 2.64 bits per heavy atom. The SMILES string of the molecule is CCCc1ccc(Cl)c(S(=O)(=O)N2C[C@@H](C)[C@H](C(=O)O)C2)c1. The molecule has 22 heavy (non-hydrogen) atoms. The number of hydrogen-bond donors (Lipinski definition) is 1. The van der Waals surface area contributed by atoms with Crippen molar-refractivity contribution in [1.29, 1.82) is 0 Å². The van der Waals surface area contributed by atoms with Crippen LogP contribution in [0.15, 0.2) is 23.1 Å². The topological polar surface area (TPSA) is 74.7 Å². The molecule has 0 saturated carbocycles. The van der Waals surface area contributed by atoms with Crippen molar-refractivity contribution in [3.8, 4) is 0 Å². The van der Waals surface area contributed by atoms with Crippen LogP contribution in [0.1, 0.15) is 25.8 Å². The van der Waals surface area contributed by atoms with Gasteiger partial charge < -0.3 is 5.11 Å². The van der Waals surface area contributed by atoms with Crippen LogP contribution in [0.25, 0.3) is 0 Å². The van der Waals surface area contributed by atoms with E-state index < -0.39 is 21.9 Å². The van der Waals surface area contributed by atoms with E-state index in [1.165, 1.54) is 4.31 Å². The van der Waals surface area contributed by atoms with Gasteiger partial charge in [-0.1, -0.05) is 37.9 Å². The Labute approximate surface area is 135 Å². The van der Waals surface area contributed by atoms with E-state index in [4.69, 9.17) is 16.7 Å². The lowest BCUT2D eigenvalue weighted by Gasteiger charge is -2.17. The molecule has 1 aromatic carbocycles. The van der Waals surface area contributed by atoms with Gasteiger partial charge in [-0.25, -0.2) is 8.42 Å². The standard InChI is InChI=1S/C15H20ClNO4S/c1-3-4-11-5-6-13(16)14(7-11)22(20,21)17-8-10(2)12(9-17)15(18)19/h5-7,10,12H,3-4,8-9H2,1-2H3,(H,18,19)/t10-,12-/m1/s1. The van der Waals surface area contributed by atoms with Crippen LogP contribution in [0.4, 0.5) is 0 Å². The number of hydrogen-bond acceptors (Lipinski definition) is 3. The number of rotatable bonds is 5. The van der Waals surface area contributed by atoms with Gasteiger partial charge in [0, 0.05) is 13.1 Å². The van der Waals surface area contributed by atoms with Gasteiger partial charge in [0.15, 0.2) is 0 Å². The maximum absolute atomic E-state index is 12.8. The number of carboxylic acid groups (broad SMARTS) is 1. The van der Waals surface area contributed by atoms with E-state index in [1.54, 1.807) is 19.1 Å². The van der Waals surface area contributed by atoms with E-state index in [1.807, 2.05) is 13.0 Å². The van der Waals surface area contributed by atoms with E-state index in [9.17, 15) is 13.2 Å². The molecule has 1 aromatic rings. The number of nitrogens with zero attached hydrogens (tertiary/aromatic N) is 1. The average Bonchev–Trinajstić information content (AvgIpc) is 2.84. The van der Waals surface area contributed by atoms with Gasteiger partial charge in [-0.2, -0.15) is 4.31 Å². The Morgan fingerprint density at radius 1 is 1.41 bits per heavy atom. The molecule has 0 aromatic heterocycles. The third-order valence-electron chi connectivity index (χ3n) is 4.05. The fourth-order valence-corrected chi connectivity index (χ4v) is 4.86. The maximum Gasteiger partial charge on any atom is 0.308 e. The minimum absolute atomic E-state index is 0.00678. The summed E-state index contributed by atoms with van der Waals surface area (Å²) < 4.78 is 26.8. The minimum atomic E-state index is -3.77. The summed E-state index contributed by atoms with van der Waals surface area (Å²) in [5.74, 6) is -1.85. The predicted molar refractivity (Wildman–Crippen MR) is 84.5 cm³/mol. The van der Waals surface area contributed by atoms with Crippen LogP contribution in [0.5, 0.6) is 0 Å². The number of halogens is 1. The molecule has 2 rings (SSSR count). The number of sulfonamides is 1. The second-order valence-electron chi connectivity index (χ2n) is 5.76. The van der Waals surface area contributed by atoms with Crippen LogP contribution in [0.2, 0.25) is 5.02 Å². The van der Waals surface area contributed by atoms with Gasteiger partial charge in [0.1, 0.15) is 4.90 Å². The fraction of sp³-hybridized carbons (Fsp3) is 0.533. The van der Waals surface area contributed by atoms with Crippen molar-refractivity contribution in [2.45, 2.75) is 31.6 Å². The quantitative estimate of drug-likeness (QED) is 0.890. The molecule has 5 nitrogen and oxygen atoms in total. The van der Waals surface area contributed by atoms with Gasteiger partial charge in [0.05, 0.1) is 10.9 Å². The first kappa shape index (κ1) is 17.2. The van der Waals surface area contributed by atoms with Crippen LogP contribution >= 0.6 is 11.6 Å². The minimum Gasteiger partial charge on any atom is -0.481 e. The van der Waals surface area contributed by atoms with Crippen molar-refractivity contribution in [1.82, 2.24) is 4.31 Å². The highest BCUT2D eigenvalue weighted by atomic mass is 35.5. The van der Waals surface area contributed by atoms with E-state index in [-0.39, 0.29) is 28.9 Å². The molecule has 0 bridgehead atoms. The third kappa shape index (κ3) is 3.29. The van der Waals surface area contributed by atoms with Crippen molar-refractivity contribution >= 4 is 27.6 Å². The van der Waals surface area contributed by atoms with Crippen molar-refractivity contribution in [2.75, 3.05) is 13.1 Å². The van der Waals surface area contributed by atoms with Crippen molar-refractivity contribution < 1.29 is 18.3 Å². The Kier molecular flexibility index (Phi) is 5.14. The first-order valence-electron chi connectivity index (χ1n) is 7.28. The summed E-state index contributed by atoms with van der Waals surface area (Å²) in [5.41, 5.74) is 0.910. The van der Waals surface area contributed by atoms with Gasteiger partial charge in [0.2, 0.25) is 10.0 Å². The van der Waals surface area contributed by atoms with E-state index in [0.717, 1.165) is 18.4 Å². The van der Waals surface area contributed by atoms with Crippen LogP contribution in [0, 0.1) is 11.8 Å². The highest BCUT2D eigenvalue weighted by Crippen LogP contribution is 2.32. The summed E-state index contributed by atoms with van der Waals surface area (Å²) in [7, 11) is -3.77. The molecule has 1 aliphatic heterocycles. The lowest BCUT2D eigenvalue weighted by Crippen LogP contribution is -2.30. The first-order chi connectivity index (χ1) is 10.3. The molecular formula is C15H20ClNO4S. The van der Waals surface area contributed by atoms with E-state index in [0.29, 0.717) is 0 Å². The summed E-state index contributed by atoms with van der Waals surface area (Å²) >= 11 is 6.07. The van der Waals surface area contributed by atoms with Crippen LogP contribution in [0.3, 0.4) is 0 Å². The van der Waals surface area contributed by atoms with Gasteiger partial charge in [-0.05, 0) is 30.0 Å². The van der Waals surface area contributed by atoms with E-state index in [2.05, 4.69) is 0 Å². The Morgan fingerprint density at radius 2 is 2.09 bits per heavy atom. The monoisotopic (exact) mass is 345 g/mol. The molecule has 0 radical (unpaired) electrons. The maximum atomic E-state index is 12.8. The van der Waals surface area contributed by atoms with Gasteiger partial charge in [-0.3, -0.25) is 4.79 Å². The molecule has 1 fully saturated rings. The number of carbonyl (C=O) groups is 1. The van der Waals surface area contributed by atoms with Crippen LogP contribution in [-0.2, 0) is 21.2 Å². The van der Waals surface area contributed by atoms with Crippen LogP contribution < -0.4 is 0 Å². The first-order valence-corrected chi connectivity index (χ1v) is 9.10. The molecule has 0 aliphatic carbocycles. The summed E-state index contributed by atoms with van der Waals surface area (Å²) in [6.45, 7) is 3.96. The molecule has 1 aliphatic rings. The largest absolute Gasteiger partial charge is 0.481 e. The molecule has 0 spiro atoms. The summed E-state index contributed by atoms with van der Waals surface area (Å²) in [6.07, 6.45) is 1.68. The van der Waals surface area contributed by atoms with Gasteiger partial charge in [-0.15, -0.1) is 0 Å².